The minimum atomic E-state index is -0.904. The van der Waals surface area contributed by atoms with E-state index in [4.69, 9.17) is 23.7 Å². The second kappa shape index (κ2) is 18.1. The SMILES string of the molecule is O=C(O)Cc1cc([C@@H]2O[C@H](COCc3ccccc3)[C@@H](OCc3ccccc3)[C@H](OCc3ccccc3)[C@H]2OCc2ccccc2)c2ccccc2c1. The van der Waals surface area contributed by atoms with E-state index in [0.29, 0.717) is 32.0 Å². The van der Waals surface area contributed by atoms with Gasteiger partial charge in [0.2, 0.25) is 0 Å². The second-order valence-electron chi connectivity index (χ2n) is 13.4. The fraction of sp³-hybridized carbons (Fsp3) is 0.239. The number of carboxylic acid groups (broad SMARTS) is 1. The maximum Gasteiger partial charge on any atom is 0.307 e. The van der Waals surface area contributed by atoms with E-state index >= 15 is 0 Å². The molecule has 0 aliphatic carbocycles. The summed E-state index contributed by atoms with van der Waals surface area (Å²) in [4.78, 5) is 12.0. The van der Waals surface area contributed by atoms with E-state index in [1.807, 2.05) is 158 Å². The van der Waals surface area contributed by atoms with Crippen LogP contribution in [0.5, 0.6) is 0 Å². The highest BCUT2D eigenvalue weighted by molar-refractivity contribution is 5.88. The fourth-order valence-corrected chi connectivity index (χ4v) is 6.96. The molecule has 1 heterocycles. The van der Waals surface area contributed by atoms with Crippen molar-refractivity contribution in [2.75, 3.05) is 6.61 Å². The van der Waals surface area contributed by atoms with Gasteiger partial charge in [-0.25, -0.2) is 0 Å². The third kappa shape index (κ3) is 9.64. The van der Waals surface area contributed by atoms with Crippen molar-refractivity contribution in [3.05, 3.63) is 191 Å². The highest BCUT2D eigenvalue weighted by Gasteiger charge is 2.49. The van der Waals surface area contributed by atoms with Crippen LogP contribution in [0.1, 0.15) is 39.5 Å². The number of benzene rings is 6. The van der Waals surface area contributed by atoms with Crippen LogP contribution >= 0.6 is 0 Å². The summed E-state index contributed by atoms with van der Waals surface area (Å²) in [6.07, 6.45) is -3.17. The number of fused-ring (bicyclic) bond motifs is 1. The smallest absolute Gasteiger partial charge is 0.307 e. The number of rotatable bonds is 16. The molecule has 7 nitrogen and oxygen atoms in total. The molecular weight excluding hydrogens is 664 g/mol. The van der Waals surface area contributed by atoms with Gasteiger partial charge in [-0.1, -0.05) is 158 Å². The van der Waals surface area contributed by atoms with Crippen LogP contribution in [-0.2, 0) is 61.3 Å². The monoisotopic (exact) mass is 708 g/mol. The highest BCUT2D eigenvalue weighted by atomic mass is 16.6. The zero-order valence-corrected chi connectivity index (χ0v) is 29.5. The van der Waals surface area contributed by atoms with Gasteiger partial charge in [0.25, 0.3) is 0 Å². The lowest BCUT2D eigenvalue weighted by Crippen LogP contribution is -2.58. The van der Waals surface area contributed by atoms with Crippen molar-refractivity contribution in [2.24, 2.45) is 0 Å². The first-order chi connectivity index (χ1) is 26.1. The number of carboxylic acids is 1. The molecule has 1 fully saturated rings. The Hall–Kier alpha value is -5.15. The van der Waals surface area contributed by atoms with Crippen molar-refractivity contribution < 1.29 is 33.6 Å². The summed E-state index contributed by atoms with van der Waals surface area (Å²) >= 11 is 0. The van der Waals surface area contributed by atoms with Crippen LogP contribution < -0.4 is 0 Å². The number of aliphatic carboxylic acids is 1. The van der Waals surface area contributed by atoms with Crippen LogP contribution in [0, 0.1) is 0 Å². The molecule has 270 valence electrons. The van der Waals surface area contributed by atoms with Gasteiger partial charge in [-0.3, -0.25) is 4.79 Å². The standard InChI is InChI=1S/C46H44O7/c47-42(48)27-37-25-38-23-13-14-24-39(38)40(26-37)43-45(51-30-35-19-9-3-10-20-35)46(52-31-36-21-11-4-12-22-36)44(50-29-34-17-7-2-8-18-34)41(53-43)32-49-28-33-15-5-1-6-16-33/h1-26,41,43-46H,27-32H2,(H,47,48)/t41-,43+,44-,45+,46+/m1/s1. The Morgan fingerprint density at radius 1 is 0.528 bits per heavy atom. The lowest BCUT2D eigenvalue weighted by Gasteiger charge is -2.46. The first-order valence-corrected chi connectivity index (χ1v) is 18.1. The lowest BCUT2D eigenvalue weighted by molar-refractivity contribution is -0.274. The van der Waals surface area contributed by atoms with E-state index in [1.165, 1.54) is 0 Å². The van der Waals surface area contributed by atoms with E-state index in [1.54, 1.807) is 0 Å². The molecule has 6 aromatic carbocycles. The minimum Gasteiger partial charge on any atom is -0.481 e. The molecule has 0 saturated carbocycles. The summed E-state index contributed by atoms with van der Waals surface area (Å²) in [6, 6.07) is 52.1. The third-order valence-corrected chi connectivity index (χ3v) is 9.50. The van der Waals surface area contributed by atoms with E-state index in [0.717, 1.165) is 38.6 Å². The predicted octanol–water partition coefficient (Wildman–Crippen LogP) is 8.88. The van der Waals surface area contributed by atoms with E-state index in [2.05, 4.69) is 0 Å². The van der Waals surface area contributed by atoms with Gasteiger partial charge in [0.15, 0.2) is 0 Å². The highest BCUT2D eigenvalue weighted by Crippen LogP contribution is 2.41. The largest absolute Gasteiger partial charge is 0.481 e. The van der Waals surface area contributed by atoms with Crippen molar-refractivity contribution in [3.8, 4) is 0 Å². The van der Waals surface area contributed by atoms with Gasteiger partial charge in [0.1, 0.15) is 30.5 Å². The van der Waals surface area contributed by atoms with E-state index in [-0.39, 0.29) is 13.0 Å². The average molecular weight is 709 g/mol. The maximum atomic E-state index is 12.0. The minimum absolute atomic E-state index is 0.125. The summed E-state index contributed by atoms with van der Waals surface area (Å²) in [5, 5.41) is 11.7. The molecule has 0 radical (unpaired) electrons. The molecule has 7 rings (SSSR count). The molecule has 5 atom stereocenters. The first-order valence-electron chi connectivity index (χ1n) is 18.1. The Morgan fingerprint density at radius 2 is 1.00 bits per heavy atom. The van der Waals surface area contributed by atoms with Crippen LogP contribution in [0.3, 0.4) is 0 Å². The topological polar surface area (TPSA) is 83.5 Å². The number of ether oxygens (including phenoxy) is 5. The van der Waals surface area contributed by atoms with Crippen molar-refractivity contribution in [3.63, 3.8) is 0 Å². The first kappa shape index (κ1) is 36.2. The van der Waals surface area contributed by atoms with Gasteiger partial charge in [-0.05, 0) is 44.2 Å². The van der Waals surface area contributed by atoms with Gasteiger partial charge < -0.3 is 28.8 Å². The normalized spacial score (nSPS) is 20.0. The molecule has 6 aromatic rings. The van der Waals surface area contributed by atoms with Crippen molar-refractivity contribution in [2.45, 2.75) is 63.4 Å². The van der Waals surface area contributed by atoms with Crippen LogP contribution in [0.2, 0.25) is 0 Å². The van der Waals surface area contributed by atoms with Gasteiger partial charge in [-0.15, -0.1) is 0 Å². The molecule has 0 spiro atoms. The Labute approximate surface area is 310 Å². The summed E-state index contributed by atoms with van der Waals surface area (Å²) in [7, 11) is 0. The lowest BCUT2D eigenvalue weighted by atomic mass is 9.87. The molecule has 1 N–H and O–H groups in total. The molecule has 0 amide bonds. The molecule has 0 unspecified atom stereocenters. The van der Waals surface area contributed by atoms with Crippen LogP contribution in [0.4, 0.5) is 0 Å². The molecule has 53 heavy (non-hydrogen) atoms. The Bertz CT molecular complexity index is 2020. The molecule has 0 bridgehead atoms. The van der Waals surface area contributed by atoms with Crippen LogP contribution in [0.15, 0.2) is 158 Å². The van der Waals surface area contributed by atoms with Crippen molar-refractivity contribution in [1.82, 2.24) is 0 Å². The molecule has 1 aliphatic heterocycles. The van der Waals surface area contributed by atoms with Gasteiger partial charge in [0, 0.05) is 0 Å². The molecule has 0 aromatic heterocycles. The maximum absolute atomic E-state index is 12.0. The van der Waals surface area contributed by atoms with Crippen LogP contribution in [-0.4, -0.2) is 42.1 Å². The zero-order valence-electron chi connectivity index (χ0n) is 29.5. The predicted molar refractivity (Wildman–Crippen MR) is 204 cm³/mol. The van der Waals surface area contributed by atoms with Gasteiger partial charge >= 0.3 is 5.97 Å². The summed E-state index contributed by atoms with van der Waals surface area (Å²) < 4.78 is 34.2. The zero-order chi connectivity index (χ0) is 36.2. The Kier molecular flexibility index (Phi) is 12.3. The fourth-order valence-electron chi connectivity index (χ4n) is 6.96. The van der Waals surface area contributed by atoms with Crippen LogP contribution in [0.25, 0.3) is 10.8 Å². The van der Waals surface area contributed by atoms with Gasteiger partial charge in [-0.2, -0.15) is 0 Å². The average Bonchev–Trinajstić information content (AvgIpc) is 3.20. The molecule has 7 heteroatoms. The Morgan fingerprint density at radius 3 is 1.55 bits per heavy atom. The number of carbonyl (C=O) groups is 1. The summed E-state index contributed by atoms with van der Waals surface area (Å²) in [5.74, 6) is -0.904. The summed E-state index contributed by atoms with van der Waals surface area (Å²) in [5.41, 5.74) is 5.61. The molecule has 1 aliphatic rings. The Balaban J connectivity index is 1.31. The second-order valence-corrected chi connectivity index (χ2v) is 13.4. The third-order valence-electron chi connectivity index (χ3n) is 9.50. The molecular formula is C46H44O7. The number of hydrogen-bond donors (Lipinski definition) is 1. The van der Waals surface area contributed by atoms with E-state index in [9.17, 15) is 9.90 Å². The number of hydrogen-bond acceptors (Lipinski definition) is 6. The quantitative estimate of drug-likeness (QED) is 0.108. The molecule has 1 saturated heterocycles. The van der Waals surface area contributed by atoms with Crippen molar-refractivity contribution >= 4 is 16.7 Å². The van der Waals surface area contributed by atoms with Crippen molar-refractivity contribution in [1.29, 1.82) is 0 Å². The van der Waals surface area contributed by atoms with Gasteiger partial charge in [0.05, 0.1) is 39.5 Å². The summed E-state index contributed by atoms with van der Waals surface area (Å²) in [6.45, 7) is 1.60. The van der Waals surface area contributed by atoms with E-state index < -0.39 is 36.5 Å².